The Morgan fingerprint density at radius 3 is 2.65 bits per heavy atom. The van der Waals surface area contributed by atoms with Crippen LogP contribution in [0.15, 0.2) is 23.2 Å². The quantitative estimate of drug-likeness (QED) is 0.628. The molecule has 0 aliphatic carbocycles. The number of aryl methyl sites for hydroxylation is 1. The van der Waals surface area contributed by atoms with Gasteiger partial charge in [-0.1, -0.05) is 18.6 Å². The standard InChI is InChI=1S/C21H34N4O/c1-15-8-9-16(12-20(15)26-4)10-11-23-21(22-2)24-17-13-18-6-5-7-19(14-17)25(18)3/h8-9,12,17-19H,5-7,10-11,13-14H2,1-4H3,(H2,22,23,24). The lowest BCUT2D eigenvalue weighted by Gasteiger charge is -2.47. The molecule has 2 heterocycles. The molecule has 0 radical (unpaired) electrons. The molecule has 2 atom stereocenters. The number of fused-ring (bicyclic) bond motifs is 2. The number of methoxy groups -OCH3 is 1. The van der Waals surface area contributed by atoms with E-state index in [0.29, 0.717) is 6.04 Å². The molecule has 5 heteroatoms. The van der Waals surface area contributed by atoms with Crippen LogP contribution in [0, 0.1) is 6.92 Å². The van der Waals surface area contributed by atoms with Crippen molar-refractivity contribution in [1.82, 2.24) is 15.5 Å². The maximum absolute atomic E-state index is 5.42. The Labute approximate surface area is 158 Å². The summed E-state index contributed by atoms with van der Waals surface area (Å²) >= 11 is 0. The van der Waals surface area contributed by atoms with Crippen LogP contribution in [0.3, 0.4) is 0 Å². The molecule has 2 fully saturated rings. The predicted octanol–water partition coefficient (Wildman–Crippen LogP) is 2.73. The van der Waals surface area contributed by atoms with Gasteiger partial charge in [-0.25, -0.2) is 0 Å². The topological polar surface area (TPSA) is 48.9 Å². The number of nitrogens with one attached hydrogen (secondary N) is 2. The van der Waals surface area contributed by atoms with E-state index >= 15 is 0 Å². The van der Waals surface area contributed by atoms with Crippen molar-refractivity contribution < 1.29 is 4.74 Å². The summed E-state index contributed by atoms with van der Waals surface area (Å²) in [6.45, 7) is 2.94. The fourth-order valence-corrected chi connectivity index (χ4v) is 4.47. The van der Waals surface area contributed by atoms with Crippen molar-refractivity contribution in [3.8, 4) is 5.75 Å². The highest BCUT2D eigenvalue weighted by atomic mass is 16.5. The zero-order valence-electron chi connectivity index (χ0n) is 16.7. The first-order chi connectivity index (χ1) is 12.6. The first-order valence-corrected chi connectivity index (χ1v) is 9.93. The van der Waals surface area contributed by atoms with E-state index in [9.17, 15) is 0 Å². The second kappa shape index (κ2) is 8.76. The van der Waals surface area contributed by atoms with E-state index < -0.39 is 0 Å². The van der Waals surface area contributed by atoms with E-state index in [0.717, 1.165) is 36.8 Å². The van der Waals surface area contributed by atoms with E-state index in [1.54, 1.807) is 7.11 Å². The number of rotatable bonds is 5. The number of hydrogen-bond donors (Lipinski definition) is 2. The van der Waals surface area contributed by atoms with Crippen LogP contribution in [0.2, 0.25) is 0 Å². The monoisotopic (exact) mass is 358 g/mol. The minimum Gasteiger partial charge on any atom is -0.496 e. The molecule has 1 aromatic rings. The normalized spacial score (nSPS) is 26.5. The van der Waals surface area contributed by atoms with Crippen LogP contribution in [0.1, 0.15) is 43.2 Å². The van der Waals surface area contributed by atoms with Crippen LogP contribution >= 0.6 is 0 Å². The molecule has 3 rings (SSSR count). The van der Waals surface area contributed by atoms with Gasteiger partial charge in [0.05, 0.1) is 7.11 Å². The lowest BCUT2D eigenvalue weighted by Crippen LogP contribution is -2.56. The van der Waals surface area contributed by atoms with Gasteiger partial charge >= 0.3 is 0 Å². The van der Waals surface area contributed by atoms with Gasteiger partial charge in [-0.15, -0.1) is 0 Å². The Hall–Kier alpha value is -1.75. The molecule has 5 nitrogen and oxygen atoms in total. The minimum atomic E-state index is 0.534. The molecule has 2 unspecified atom stereocenters. The summed E-state index contributed by atoms with van der Waals surface area (Å²) in [7, 11) is 5.89. The molecule has 2 bridgehead atoms. The Balaban J connectivity index is 1.48. The molecule has 0 amide bonds. The second-order valence-corrected chi connectivity index (χ2v) is 7.77. The molecule has 0 spiro atoms. The lowest BCUT2D eigenvalue weighted by atomic mass is 9.82. The van der Waals surface area contributed by atoms with Crippen molar-refractivity contribution in [1.29, 1.82) is 0 Å². The maximum atomic E-state index is 5.42. The van der Waals surface area contributed by atoms with E-state index in [2.05, 4.69) is 52.7 Å². The summed E-state index contributed by atoms with van der Waals surface area (Å²) in [5.41, 5.74) is 2.46. The molecular weight excluding hydrogens is 324 g/mol. The van der Waals surface area contributed by atoms with Gasteiger partial charge < -0.3 is 20.3 Å². The van der Waals surface area contributed by atoms with E-state index in [1.165, 1.54) is 43.2 Å². The SMILES string of the molecule is CN=C(NCCc1ccc(C)c(OC)c1)NC1CC2CCCC(C1)N2C. The first-order valence-electron chi connectivity index (χ1n) is 9.93. The van der Waals surface area contributed by atoms with Crippen LogP contribution in [-0.2, 0) is 6.42 Å². The second-order valence-electron chi connectivity index (χ2n) is 7.77. The third-order valence-electron chi connectivity index (χ3n) is 6.08. The fourth-order valence-electron chi connectivity index (χ4n) is 4.47. The van der Waals surface area contributed by atoms with Crippen molar-refractivity contribution in [3.63, 3.8) is 0 Å². The Bertz CT molecular complexity index is 616. The van der Waals surface area contributed by atoms with Crippen molar-refractivity contribution >= 4 is 5.96 Å². The molecule has 26 heavy (non-hydrogen) atoms. The van der Waals surface area contributed by atoms with Crippen LogP contribution in [0.5, 0.6) is 5.75 Å². The number of nitrogens with zero attached hydrogens (tertiary/aromatic N) is 2. The van der Waals surface area contributed by atoms with Gasteiger partial charge in [0.1, 0.15) is 5.75 Å². The van der Waals surface area contributed by atoms with E-state index in [4.69, 9.17) is 4.74 Å². The summed E-state index contributed by atoms with van der Waals surface area (Å²) in [5, 5.41) is 7.14. The molecule has 2 saturated heterocycles. The third-order valence-corrected chi connectivity index (χ3v) is 6.08. The predicted molar refractivity (Wildman–Crippen MR) is 108 cm³/mol. The summed E-state index contributed by atoms with van der Waals surface area (Å²) in [5.74, 6) is 1.89. The number of ether oxygens (including phenoxy) is 1. The Morgan fingerprint density at radius 1 is 1.27 bits per heavy atom. The third kappa shape index (κ3) is 4.50. The Kier molecular flexibility index (Phi) is 6.41. The van der Waals surface area contributed by atoms with Crippen molar-refractivity contribution in [2.24, 2.45) is 4.99 Å². The minimum absolute atomic E-state index is 0.534. The molecule has 2 N–H and O–H groups in total. The van der Waals surface area contributed by atoms with Gasteiger partial charge in [0.15, 0.2) is 5.96 Å². The summed E-state index contributed by atoms with van der Waals surface area (Å²) in [6, 6.07) is 8.43. The number of hydrogen-bond acceptors (Lipinski definition) is 3. The molecule has 2 aliphatic heterocycles. The molecule has 0 saturated carbocycles. The molecule has 2 aliphatic rings. The average Bonchev–Trinajstić information content (AvgIpc) is 2.63. The van der Waals surface area contributed by atoms with Crippen LogP contribution < -0.4 is 15.4 Å². The van der Waals surface area contributed by atoms with Crippen molar-refractivity contribution in [2.45, 2.75) is 63.6 Å². The van der Waals surface area contributed by atoms with Gasteiger partial charge in [0.2, 0.25) is 0 Å². The van der Waals surface area contributed by atoms with E-state index in [1.807, 2.05) is 7.05 Å². The van der Waals surface area contributed by atoms with Gasteiger partial charge in [0.25, 0.3) is 0 Å². The smallest absolute Gasteiger partial charge is 0.191 e. The van der Waals surface area contributed by atoms with Gasteiger partial charge in [-0.2, -0.15) is 0 Å². The van der Waals surface area contributed by atoms with Crippen LogP contribution in [-0.4, -0.2) is 56.7 Å². The maximum Gasteiger partial charge on any atom is 0.191 e. The molecule has 1 aromatic carbocycles. The summed E-state index contributed by atoms with van der Waals surface area (Å²) in [4.78, 5) is 7.03. The number of piperidine rings is 2. The fraction of sp³-hybridized carbons (Fsp3) is 0.667. The van der Waals surface area contributed by atoms with Crippen molar-refractivity contribution in [3.05, 3.63) is 29.3 Å². The number of benzene rings is 1. The zero-order valence-corrected chi connectivity index (χ0v) is 16.7. The zero-order chi connectivity index (χ0) is 18.5. The molecule has 144 valence electrons. The highest BCUT2D eigenvalue weighted by Gasteiger charge is 2.36. The average molecular weight is 359 g/mol. The summed E-state index contributed by atoms with van der Waals surface area (Å²) < 4.78 is 5.42. The molecular formula is C21H34N4O. The highest BCUT2D eigenvalue weighted by molar-refractivity contribution is 5.80. The van der Waals surface area contributed by atoms with E-state index in [-0.39, 0.29) is 0 Å². The van der Waals surface area contributed by atoms with Gasteiger partial charge in [-0.3, -0.25) is 4.99 Å². The Morgan fingerprint density at radius 2 is 2.00 bits per heavy atom. The van der Waals surface area contributed by atoms with Crippen LogP contribution in [0.25, 0.3) is 0 Å². The number of guanidine groups is 1. The van der Waals surface area contributed by atoms with Gasteiger partial charge in [0, 0.05) is 31.7 Å². The lowest BCUT2D eigenvalue weighted by molar-refractivity contribution is 0.0526. The first kappa shape index (κ1) is 19.0. The van der Waals surface area contributed by atoms with Crippen LogP contribution in [0.4, 0.5) is 0 Å². The highest BCUT2D eigenvalue weighted by Crippen LogP contribution is 2.32. The molecule has 0 aromatic heterocycles. The van der Waals surface area contributed by atoms with Crippen molar-refractivity contribution in [2.75, 3.05) is 27.7 Å². The summed E-state index contributed by atoms with van der Waals surface area (Å²) in [6.07, 6.45) is 7.47. The largest absolute Gasteiger partial charge is 0.496 e. The van der Waals surface area contributed by atoms with Gasteiger partial charge in [-0.05, 0) is 63.3 Å². The number of aliphatic imine (C=N–C) groups is 1.